The second kappa shape index (κ2) is 5.55. The zero-order chi connectivity index (χ0) is 14.1. The third-order valence-electron chi connectivity index (χ3n) is 5.00. The van der Waals surface area contributed by atoms with Crippen molar-refractivity contribution in [3.63, 3.8) is 0 Å². The molecule has 0 bridgehead atoms. The molecule has 0 unspecified atom stereocenters. The molecule has 21 heavy (non-hydrogen) atoms. The Kier molecular flexibility index (Phi) is 3.42. The lowest BCUT2D eigenvalue weighted by Crippen LogP contribution is -2.13. The van der Waals surface area contributed by atoms with Crippen molar-refractivity contribution in [3.8, 4) is 5.69 Å². The highest BCUT2D eigenvalue weighted by Crippen LogP contribution is 2.34. The second-order valence-corrected chi connectivity index (χ2v) is 6.40. The molecule has 2 heterocycles. The van der Waals surface area contributed by atoms with Crippen LogP contribution in [0.2, 0.25) is 0 Å². The molecule has 0 atom stereocenters. The van der Waals surface area contributed by atoms with Crippen LogP contribution < -0.4 is 5.32 Å². The molecule has 3 heteroatoms. The van der Waals surface area contributed by atoms with Gasteiger partial charge in [-0.2, -0.15) is 0 Å². The summed E-state index contributed by atoms with van der Waals surface area (Å²) in [5, 5.41) is 3.53. The molecule has 1 aromatic carbocycles. The van der Waals surface area contributed by atoms with E-state index < -0.39 is 0 Å². The molecule has 0 spiro atoms. The third-order valence-corrected chi connectivity index (χ3v) is 5.00. The van der Waals surface area contributed by atoms with Crippen molar-refractivity contribution in [3.05, 3.63) is 42.0 Å². The van der Waals surface area contributed by atoms with Crippen LogP contribution in [0, 0.1) is 0 Å². The van der Waals surface area contributed by atoms with Crippen molar-refractivity contribution in [1.29, 1.82) is 0 Å². The number of hydrogen-bond acceptors (Lipinski definition) is 2. The van der Waals surface area contributed by atoms with Crippen molar-refractivity contribution in [2.75, 3.05) is 11.9 Å². The summed E-state index contributed by atoms with van der Waals surface area (Å²) in [6.07, 6.45) is 13.2. The summed E-state index contributed by atoms with van der Waals surface area (Å²) in [5.41, 5.74) is 5.40. The van der Waals surface area contributed by atoms with Crippen LogP contribution in [0.15, 0.2) is 30.7 Å². The Morgan fingerprint density at radius 3 is 2.90 bits per heavy atom. The van der Waals surface area contributed by atoms with Crippen LogP contribution in [0.3, 0.4) is 0 Å². The average Bonchev–Trinajstić information content (AvgIpc) is 3.05. The van der Waals surface area contributed by atoms with Gasteiger partial charge in [-0.05, 0) is 43.4 Å². The van der Waals surface area contributed by atoms with Gasteiger partial charge in [0.25, 0.3) is 0 Å². The number of rotatable bonds is 2. The van der Waals surface area contributed by atoms with E-state index in [2.05, 4.69) is 39.3 Å². The first-order valence-electron chi connectivity index (χ1n) is 8.31. The smallest absolute Gasteiger partial charge is 0.0994 e. The SMILES string of the molecule is c1cc2c(cc1-n1cncc1C1CCCCC1)NCCC2. The van der Waals surface area contributed by atoms with Crippen LogP contribution in [0.25, 0.3) is 5.69 Å². The van der Waals surface area contributed by atoms with Crippen molar-refractivity contribution in [1.82, 2.24) is 9.55 Å². The number of nitrogens with zero attached hydrogens (tertiary/aromatic N) is 2. The van der Waals surface area contributed by atoms with Gasteiger partial charge in [-0.15, -0.1) is 0 Å². The molecule has 0 amide bonds. The normalized spacial score (nSPS) is 19.0. The molecular weight excluding hydrogens is 258 g/mol. The Labute approximate surface area is 126 Å². The summed E-state index contributed by atoms with van der Waals surface area (Å²) in [5.74, 6) is 0.685. The topological polar surface area (TPSA) is 29.9 Å². The van der Waals surface area contributed by atoms with Gasteiger partial charge in [0, 0.05) is 35.7 Å². The highest BCUT2D eigenvalue weighted by molar-refractivity contribution is 5.59. The molecule has 1 aliphatic heterocycles. The first kappa shape index (κ1) is 12.9. The number of nitrogens with one attached hydrogen (secondary N) is 1. The van der Waals surface area contributed by atoms with Gasteiger partial charge in [-0.3, -0.25) is 0 Å². The molecule has 1 N–H and O–H groups in total. The Balaban J connectivity index is 1.68. The summed E-state index contributed by atoms with van der Waals surface area (Å²) in [4.78, 5) is 4.43. The molecule has 110 valence electrons. The maximum atomic E-state index is 4.43. The minimum atomic E-state index is 0.685. The molecule has 2 aromatic rings. The number of aromatic nitrogens is 2. The molecule has 1 saturated carbocycles. The highest BCUT2D eigenvalue weighted by atomic mass is 15.1. The molecule has 0 saturated heterocycles. The van der Waals surface area contributed by atoms with E-state index in [9.17, 15) is 0 Å². The molecule has 3 nitrogen and oxygen atoms in total. The van der Waals surface area contributed by atoms with Crippen LogP contribution in [-0.2, 0) is 6.42 Å². The van der Waals surface area contributed by atoms with Crippen molar-refractivity contribution < 1.29 is 0 Å². The second-order valence-electron chi connectivity index (χ2n) is 6.40. The fourth-order valence-electron chi connectivity index (χ4n) is 3.82. The number of anilines is 1. The van der Waals surface area contributed by atoms with Gasteiger partial charge < -0.3 is 9.88 Å². The monoisotopic (exact) mass is 281 g/mol. The minimum Gasteiger partial charge on any atom is -0.385 e. The van der Waals surface area contributed by atoms with Crippen molar-refractivity contribution >= 4 is 5.69 Å². The minimum absolute atomic E-state index is 0.685. The first-order chi connectivity index (χ1) is 10.4. The van der Waals surface area contributed by atoms with Crippen LogP contribution in [0.4, 0.5) is 5.69 Å². The Bertz CT molecular complexity index is 623. The van der Waals surface area contributed by atoms with Crippen molar-refractivity contribution in [2.24, 2.45) is 0 Å². The fourth-order valence-corrected chi connectivity index (χ4v) is 3.82. The Hall–Kier alpha value is -1.77. The predicted octanol–water partition coefficient (Wildman–Crippen LogP) is 4.28. The van der Waals surface area contributed by atoms with Crippen LogP contribution in [0.5, 0.6) is 0 Å². The quantitative estimate of drug-likeness (QED) is 0.890. The number of aryl methyl sites for hydroxylation is 1. The van der Waals surface area contributed by atoms with Gasteiger partial charge in [-0.1, -0.05) is 25.3 Å². The molecule has 1 aliphatic carbocycles. The lowest BCUT2D eigenvalue weighted by atomic mass is 9.87. The van der Waals surface area contributed by atoms with E-state index in [4.69, 9.17) is 0 Å². The van der Waals surface area contributed by atoms with Crippen LogP contribution >= 0.6 is 0 Å². The van der Waals surface area contributed by atoms with E-state index >= 15 is 0 Å². The highest BCUT2D eigenvalue weighted by Gasteiger charge is 2.20. The molecular formula is C18H23N3. The molecule has 0 radical (unpaired) electrons. The summed E-state index contributed by atoms with van der Waals surface area (Å²) in [6, 6.07) is 6.82. The van der Waals surface area contributed by atoms with Crippen molar-refractivity contribution in [2.45, 2.75) is 50.9 Å². The standard InChI is InChI=1S/C18H23N3/c1-2-5-15(6-3-1)18-12-19-13-21(18)16-9-8-14-7-4-10-20-17(14)11-16/h8-9,11-13,15,20H,1-7,10H2. The number of imidazole rings is 1. The number of hydrogen-bond donors (Lipinski definition) is 1. The number of fused-ring (bicyclic) bond motifs is 1. The molecule has 1 aromatic heterocycles. The Morgan fingerprint density at radius 2 is 2.00 bits per heavy atom. The van der Waals surface area contributed by atoms with E-state index in [1.165, 1.54) is 67.6 Å². The third kappa shape index (κ3) is 2.45. The molecule has 1 fully saturated rings. The maximum Gasteiger partial charge on any atom is 0.0994 e. The largest absolute Gasteiger partial charge is 0.385 e. The summed E-state index contributed by atoms with van der Waals surface area (Å²) >= 11 is 0. The van der Waals surface area contributed by atoms with E-state index in [-0.39, 0.29) is 0 Å². The first-order valence-corrected chi connectivity index (χ1v) is 8.31. The van der Waals surface area contributed by atoms with Gasteiger partial charge in [0.05, 0.1) is 6.33 Å². The van der Waals surface area contributed by atoms with Gasteiger partial charge in [-0.25, -0.2) is 4.98 Å². The summed E-state index contributed by atoms with van der Waals surface area (Å²) in [6.45, 7) is 1.09. The van der Waals surface area contributed by atoms with E-state index in [1.54, 1.807) is 0 Å². The maximum absolute atomic E-state index is 4.43. The van der Waals surface area contributed by atoms with E-state index in [1.807, 2.05) is 6.33 Å². The van der Waals surface area contributed by atoms with Crippen LogP contribution in [0.1, 0.15) is 55.7 Å². The Morgan fingerprint density at radius 1 is 1.10 bits per heavy atom. The number of benzene rings is 1. The lowest BCUT2D eigenvalue weighted by molar-refractivity contribution is 0.433. The molecule has 2 aliphatic rings. The average molecular weight is 281 g/mol. The zero-order valence-electron chi connectivity index (χ0n) is 12.5. The fraction of sp³-hybridized carbons (Fsp3) is 0.500. The van der Waals surface area contributed by atoms with Gasteiger partial charge >= 0.3 is 0 Å². The molecule has 4 rings (SSSR count). The zero-order valence-corrected chi connectivity index (χ0v) is 12.5. The van der Waals surface area contributed by atoms with Crippen LogP contribution in [-0.4, -0.2) is 16.1 Å². The predicted molar refractivity (Wildman–Crippen MR) is 86.2 cm³/mol. The summed E-state index contributed by atoms with van der Waals surface area (Å²) in [7, 11) is 0. The van der Waals surface area contributed by atoms with Gasteiger partial charge in [0.1, 0.15) is 0 Å². The van der Waals surface area contributed by atoms with E-state index in [0.29, 0.717) is 5.92 Å². The summed E-state index contributed by atoms with van der Waals surface area (Å²) < 4.78 is 2.30. The van der Waals surface area contributed by atoms with Gasteiger partial charge in [0.2, 0.25) is 0 Å². The van der Waals surface area contributed by atoms with E-state index in [0.717, 1.165) is 6.54 Å². The lowest BCUT2D eigenvalue weighted by Gasteiger charge is -2.24. The van der Waals surface area contributed by atoms with Gasteiger partial charge in [0.15, 0.2) is 0 Å².